The number of aromatic amines is 1. The molecule has 0 aliphatic heterocycles. The van der Waals surface area contributed by atoms with Gasteiger partial charge < -0.3 is 9.84 Å². The summed E-state index contributed by atoms with van der Waals surface area (Å²) in [5.74, 6) is 0.174. The fourth-order valence-corrected chi connectivity index (χ4v) is 2.28. The summed E-state index contributed by atoms with van der Waals surface area (Å²) >= 11 is 0. The smallest absolute Gasteiger partial charge is 0.353 e. The Labute approximate surface area is 124 Å². The molecule has 0 spiro atoms. The number of nitrogens with zero attached hydrogens (tertiary/aromatic N) is 1. The number of aromatic nitrogens is 2. The van der Waals surface area contributed by atoms with Gasteiger partial charge in [0.1, 0.15) is 11.4 Å². The third kappa shape index (κ3) is 3.07. The van der Waals surface area contributed by atoms with Crippen molar-refractivity contribution in [2.75, 3.05) is 6.61 Å². The number of carboxylic acid groups (broad SMARTS) is 1. The quantitative estimate of drug-likeness (QED) is 0.881. The van der Waals surface area contributed by atoms with Crippen molar-refractivity contribution in [1.82, 2.24) is 10.2 Å². The molecule has 0 bridgehead atoms. The minimum Gasteiger partial charge on any atom is -0.494 e. The lowest BCUT2D eigenvalue weighted by Crippen LogP contribution is -2.00. The van der Waals surface area contributed by atoms with Gasteiger partial charge in [0.05, 0.1) is 12.3 Å². The molecule has 0 unspecified atom stereocenters. The number of aromatic carboxylic acids is 1. The number of carbonyl (C=O) groups is 1. The Balaban J connectivity index is 2.52. The number of aryl methyl sites for hydroxylation is 1. The maximum absolute atomic E-state index is 11.0. The third-order valence-corrected chi connectivity index (χ3v) is 3.36. The zero-order chi connectivity index (χ0) is 15.6. The van der Waals surface area contributed by atoms with Crippen molar-refractivity contribution in [3.63, 3.8) is 0 Å². The van der Waals surface area contributed by atoms with Gasteiger partial charge in [0.15, 0.2) is 0 Å². The van der Waals surface area contributed by atoms with E-state index in [1.54, 1.807) is 6.07 Å². The molecule has 2 rings (SSSR count). The zero-order valence-corrected chi connectivity index (χ0v) is 12.7. The molecule has 0 amide bonds. The van der Waals surface area contributed by atoms with Gasteiger partial charge in [-0.3, -0.25) is 5.10 Å². The largest absolute Gasteiger partial charge is 0.494 e. The van der Waals surface area contributed by atoms with Gasteiger partial charge in [0.2, 0.25) is 0 Å². The van der Waals surface area contributed by atoms with Crippen LogP contribution in [0.3, 0.4) is 0 Å². The van der Waals surface area contributed by atoms with E-state index >= 15 is 0 Å². The maximum atomic E-state index is 11.0. The molecule has 0 radical (unpaired) electrons. The van der Waals surface area contributed by atoms with Gasteiger partial charge in [0.25, 0.3) is 0 Å². The van der Waals surface area contributed by atoms with E-state index < -0.39 is 5.97 Å². The van der Waals surface area contributed by atoms with E-state index in [2.05, 4.69) is 24.0 Å². The molecule has 0 atom stereocenters. The molecule has 1 aromatic carbocycles. The summed E-state index contributed by atoms with van der Waals surface area (Å²) in [6.07, 6.45) is 0. The molecule has 1 heterocycles. The number of hydrogen-bond acceptors (Lipinski definition) is 3. The van der Waals surface area contributed by atoms with Crippen molar-refractivity contribution >= 4 is 5.97 Å². The summed E-state index contributed by atoms with van der Waals surface area (Å²) in [5.41, 5.74) is 3.74. The Morgan fingerprint density at radius 3 is 2.62 bits per heavy atom. The zero-order valence-electron chi connectivity index (χ0n) is 12.7. The molecule has 2 aromatic rings. The minimum atomic E-state index is -1.01. The van der Waals surface area contributed by atoms with Gasteiger partial charge in [-0.05, 0) is 49.1 Å². The standard InChI is InChI=1S/C16H20N2O3/c1-5-21-15-6-10(4)12(7-11(15)9(2)3)13-8-14(16(19)20)18-17-13/h6-9H,5H2,1-4H3,(H,17,18)(H,19,20). The average molecular weight is 288 g/mol. The SMILES string of the molecule is CCOc1cc(C)c(-c2cc(C(=O)O)[nH]n2)cc1C(C)C. The van der Waals surface area contributed by atoms with Crippen molar-refractivity contribution in [3.05, 3.63) is 35.0 Å². The first kappa shape index (κ1) is 15.1. The Morgan fingerprint density at radius 2 is 2.10 bits per heavy atom. The van der Waals surface area contributed by atoms with Gasteiger partial charge in [-0.15, -0.1) is 0 Å². The van der Waals surface area contributed by atoms with Crippen LogP contribution in [0.15, 0.2) is 18.2 Å². The van der Waals surface area contributed by atoms with Crippen LogP contribution in [0.2, 0.25) is 0 Å². The van der Waals surface area contributed by atoms with Gasteiger partial charge in [0, 0.05) is 5.56 Å². The first-order chi connectivity index (χ1) is 9.93. The van der Waals surface area contributed by atoms with Crippen molar-refractivity contribution < 1.29 is 14.6 Å². The number of rotatable bonds is 5. The Morgan fingerprint density at radius 1 is 1.38 bits per heavy atom. The van der Waals surface area contributed by atoms with Crippen molar-refractivity contribution in [2.45, 2.75) is 33.6 Å². The second-order valence-corrected chi connectivity index (χ2v) is 5.26. The van der Waals surface area contributed by atoms with E-state index in [1.165, 1.54) is 0 Å². The fraction of sp³-hybridized carbons (Fsp3) is 0.375. The lowest BCUT2D eigenvalue weighted by Gasteiger charge is -2.16. The van der Waals surface area contributed by atoms with Crippen LogP contribution in [0, 0.1) is 6.92 Å². The molecule has 2 N–H and O–H groups in total. The molecule has 5 heteroatoms. The highest BCUT2D eigenvalue weighted by Gasteiger charge is 2.16. The molecule has 0 saturated heterocycles. The van der Waals surface area contributed by atoms with Gasteiger partial charge in [-0.25, -0.2) is 4.79 Å². The van der Waals surface area contributed by atoms with Gasteiger partial charge in [-0.1, -0.05) is 13.8 Å². The van der Waals surface area contributed by atoms with E-state index in [1.807, 2.05) is 26.0 Å². The second kappa shape index (κ2) is 5.99. The van der Waals surface area contributed by atoms with Gasteiger partial charge >= 0.3 is 5.97 Å². The monoisotopic (exact) mass is 288 g/mol. The molecule has 112 valence electrons. The number of hydrogen-bond donors (Lipinski definition) is 2. The highest BCUT2D eigenvalue weighted by Crippen LogP contribution is 2.34. The van der Waals surface area contributed by atoms with Crippen LogP contribution in [0.5, 0.6) is 5.75 Å². The fourth-order valence-electron chi connectivity index (χ4n) is 2.28. The highest BCUT2D eigenvalue weighted by atomic mass is 16.5. The van der Waals surface area contributed by atoms with Crippen LogP contribution in [0.25, 0.3) is 11.3 Å². The first-order valence-electron chi connectivity index (χ1n) is 7.00. The number of nitrogens with one attached hydrogen (secondary N) is 1. The van der Waals surface area contributed by atoms with Crippen LogP contribution in [0.4, 0.5) is 0 Å². The van der Waals surface area contributed by atoms with E-state index in [4.69, 9.17) is 9.84 Å². The normalized spacial score (nSPS) is 10.9. The highest BCUT2D eigenvalue weighted by molar-refractivity contribution is 5.87. The summed E-state index contributed by atoms with van der Waals surface area (Å²) < 4.78 is 5.69. The summed E-state index contributed by atoms with van der Waals surface area (Å²) in [6, 6.07) is 5.57. The molecular weight excluding hydrogens is 268 g/mol. The molecule has 1 aromatic heterocycles. The molecule has 5 nitrogen and oxygen atoms in total. The molecule has 0 aliphatic carbocycles. The summed E-state index contributed by atoms with van der Waals surface area (Å²) in [7, 11) is 0. The van der Waals surface area contributed by atoms with Crippen molar-refractivity contribution in [3.8, 4) is 17.0 Å². The summed E-state index contributed by atoms with van der Waals surface area (Å²) in [6.45, 7) is 8.75. The predicted octanol–water partition coefficient (Wildman–Crippen LogP) is 3.61. The number of benzene rings is 1. The second-order valence-electron chi connectivity index (χ2n) is 5.26. The Bertz CT molecular complexity index is 660. The average Bonchev–Trinajstić information content (AvgIpc) is 2.88. The summed E-state index contributed by atoms with van der Waals surface area (Å²) in [4.78, 5) is 11.0. The Kier molecular flexibility index (Phi) is 4.31. The summed E-state index contributed by atoms with van der Waals surface area (Å²) in [5, 5.41) is 15.6. The maximum Gasteiger partial charge on any atom is 0.353 e. The topological polar surface area (TPSA) is 75.2 Å². The number of ether oxygens (including phenoxy) is 1. The van der Waals surface area contributed by atoms with E-state index in [-0.39, 0.29) is 5.69 Å². The Hall–Kier alpha value is -2.30. The van der Waals surface area contributed by atoms with Crippen LogP contribution in [-0.2, 0) is 0 Å². The first-order valence-corrected chi connectivity index (χ1v) is 7.00. The van der Waals surface area contributed by atoms with E-state index in [0.29, 0.717) is 18.2 Å². The number of carboxylic acids is 1. The molecular formula is C16H20N2O3. The van der Waals surface area contributed by atoms with Crippen LogP contribution >= 0.6 is 0 Å². The van der Waals surface area contributed by atoms with E-state index in [0.717, 1.165) is 22.4 Å². The minimum absolute atomic E-state index is 0.0874. The number of H-pyrrole nitrogens is 1. The van der Waals surface area contributed by atoms with Crippen LogP contribution in [0.1, 0.15) is 48.3 Å². The van der Waals surface area contributed by atoms with Crippen LogP contribution in [-0.4, -0.2) is 27.9 Å². The third-order valence-electron chi connectivity index (χ3n) is 3.36. The van der Waals surface area contributed by atoms with Crippen molar-refractivity contribution in [2.24, 2.45) is 0 Å². The molecule has 0 saturated carbocycles. The molecule has 21 heavy (non-hydrogen) atoms. The van der Waals surface area contributed by atoms with Gasteiger partial charge in [-0.2, -0.15) is 5.10 Å². The van der Waals surface area contributed by atoms with E-state index in [9.17, 15) is 4.79 Å². The van der Waals surface area contributed by atoms with Crippen LogP contribution < -0.4 is 4.74 Å². The van der Waals surface area contributed by atoms with Crippen molar-refractivity contribution in [1.29, 1.82) is 0 Å². The molecule has 0 fully saturated rings. The lowest BCUT2D eigenvalue weighted by molar-refractivity contribution is 0.0690. The predicted molar refractivity (Wildman–Crippen MR) is 81.0 cm³/mol. The lowest BCUT2D eigenvalue weighted by atomic mass is 9.95. The molecule has 0 aliphatic rings.